The van der Waals surface area contributed by atoms with Crippen molar-refractivity contribution >= 4 is 23.1 Å². The average molecular weight is 268 g/mol. The Morgan fingerprint density at radius 3 is 2.94 bits per heavy atom. The maximum atomic E-state index is 11.3. The highest BCUT2D eigenvalue weighted by Crippen LogP contribution is 2.25. The van der Waals surface area contributed by atoms with E-state index in [1.54, 1.807) is 6.07 Å². The third kappa shape index (κ3) is 2.85. The van der Waals surface area contributed by atoms with Crippen LogP contribution in [0.4, 0.5) is 5.69 Å². The van der Waals surface area contributed by atoms with Gasteiger partial charge in [0.2, 0.25) is 0 Å². The topological polar surface area (TPSA) is 29.5 Å². The second-order valence-corrected chi connectivity index (χ2v) is 4.97. The van der Waals surface area contributed by atoms with E-state index in [1.165, 1.54) is 6.92 Å². The Morgan fingerprint density at radius 1 is 1.56 bits per heavy atom. The molecule has 0 aliphatic carbocycles. The maximum Gasteiger partial charge on any atom is 0.161 e. The molecule has 4 heteroatoms. The van der Waals surface area contributed by atoms with Gasteiger partial charge in [-0.25, -0.2) is 0 Å². The molecular formula is C14H18ClNO2. The normalized spacial score (nSPS) is 19.9. The number of Topliss-reactive ketones (excluding diaryl/α,β-unsaturated/α-hetero) is 1. The van der Waals surface area contributed by atoms with Gasteiger partial charge >= 0.3 is 0 Å². The molecule has 1 aliphatic rings. The third-order valence-electron chi connectivity index (χ3n) is 3.29. The van der Waals surface area contributed by atoms with Crippen molar-refractivity contribution < 1.29 is 9.53 Å². The van der Waals surface area contributed by atoms with Crippen LogP contribution in [0.15, 0.2) is 18.2 Å². The Balaban J connectivity index is 2.18. The Bertz CT molecular complexity index is 447. The molecule has 1 aromatic carbocycles. The molecule has 1 atom stereocenters. The predicted octanol–water partition coefficient (Wildman–Crippen LogP) is 3.16. The number of carbonyl (C=O) groups is 1. The number of halogens is 1. The van der Waals surface area contributed by atoms with E-state index in [2.05, 4.69) is 11.8 Å². The molecule has 1 fully saturated rings. The molecule has 0 saturated carbocycles. The van der Waals surface area contributed by atoms with E-state index in [4.69, 9.17) is 16.3 Å². The monoisotopic (exact) mass is 267 g/mol. The summed E-state index contributed by atoms with van der Waals surface area (Å²) in [5.74, 6) is -0.0000350. The van der Waals surface area contributed by atoms with Crippen molar-refractivity contribution in [1.82, 2.24) is 0 Å². The maximum absolute atomic E-state index is 11.3. The lowest BCUT2D eigenvalue weighted by atomic mass is 10.1. The molecule has 0 radical (unpaired) electrons. The van der Waals surface area contributed by atoms with Crippen LogP contribution in [0, 0.1) is 0 Å². The molecule has 1 unspecified atom stereocenters. The number of benzene rings is 1. The van der Waals surface area contributed by atoms with E-state index in [1.807, 2.05) is 12.1 Å². The molecule has 2 rings (SSSR count). The van der Waals surface area contributed by atoms with Gasteiger partial charge < -0.3 is 9.64 Å². The number of ketones is 1. The van der Waals surface area contributed by atoms with Crippen LogP contribution in [0.1, 0.15) is 30.6 Å². The van der Waals surface area contributed by atoms with E-state index in [9.17, 15) is 4.79 Å². The average Bonchev–Trinajstić information content (AvgIpc) is 2.38. The summed E-state index contributed by atoms with van der Waals surface area (Å²) in [5.41, 5.74) is 1.65. The van der Waals surface area contributed by atoms with Gasteiger partial charge in [-0.05, 0) is 31.5 Å². The number of rotatable bonds is 3. The lowest BCUT2D eigenvalue weighted by molar-refractivity contribution is 0.0384. The summed E-state index contributed by atoms with van der Waals surface area (Å²) in [4.78, 5) is 13.6. The minimum atomic E-state index is -0.0000350. The molecule has 0 N–H and O–H groups in total. The highest BCUT2D eigenvalue weighted by Gasteiger charge is 2.20. The lowest BCUT2D eigenvalue weighted by Gasteiger charge is -2.34. The Hall–Kier alpha value is -1.06. The fourth-order valence-electron chi connectivity index (χ4n) is 2.19. The lowest BCUT2D eigenvalue weighted by Crippen LogP contribution is -2.42. The predicted molar refractivity (Wildman–Crippen MR) is 73.7 cm³/mol. The van der Waals surface area contributed by atoms with Gasteiger partial charge in [0, 0.05) is 24.3 Å². The Labute approximate surface area is 113 Å². The van der Waals surface area contributed by atoms with Crippen LogP contribution in [0.5, 0.6) is 0 Å². The van der Waals surface area contributed by atoms with Crippen molar-refractivity contribution in [2.75, 3.05) is 24.6 Å². The van der Waals surface area contributed by atoms with Gasteiger partial charge in [0.05, 0.1) is 17.7 Å². The van der Waals surface area contributed by atoms with E-state index in [-0.39, 0.29) is 11.9 Å². The van der Waals surface area contributed by atoms with Gasteiger partial charge in [0.15, 0.2) is 5.78 Å². The van der Waals surface area contributed by atoms with Gasteiger partial charge in [-0.1, -0.05) is 18.5 Å². The van der Waals surface area contributed by atoms with Crippen molar-refractivity contribution in [1.29, 1.82) is 0 Å². The molecule has 1 heterocycles. The van der Waals surface area contributed by atoms with Crippen LogP contribution in [0.2, 0.25) is 5.02 Å². The first-order chi connectivity index (χ1) is 8.61. The fraction of sp³-hybridized carbons (Fsp3) is 0.500. The second kappa shape index (κ2) is 5.72. The van der Waals surface area contributed by atoms with E-state index in [0.717, 1.165) is 31.8 Å². The van der Waals surface area contributed by atoms with Crippen LogP contribution >= 0.6 is 11.6 Å². The Kier molecular flexibility index (Phi) is 4.25. The number of nitrogens with zero attached hydrogens (tertiary/aromatic N) is 1. The molecular weight excluding hydrogens is 250 g/mol. The first-order valence-electron chi connectivity index (χ1n) is 6.29. The zero-order valence-corrected chi connectivity index (χ0v) is 11.5. The van der Waals surface area contributed by atoms with E-state index in [0.29, 0.717) is 10.6 Å². The summed E-state index contributed by atoms with van der Waals surface area (Å²) in [6.07, 6.45) is 1.29. The van der Waals surface area contributed by atoms with Crippen molar-refractivity contribution in [3.63, 3.8) is 0 Å². The van der Waals surface area contributed by atoms with Crippen LogP contribution in [0.25, 0.3) is 0 Å². The zero-order valence-electron chi connectivity index (χ0n) is 10.8. The zero-order chi connectivity index (χ0) is 13.1. The molecule has 1 aromatic rings. The van der Waals surface area contributed by atoms with Crippen LogP contribution in [-0.2, 0) is 4.74 Å². The van der Waals surface area contributed by atoms with Crippen molar-refractivity contribution in [2.45, 2.75) is 26.4 Å². The minimum absolute atomic E-state index is 0.0000350. The van der Waals surface area contributed by atoms with Crippen molar-refractivity contribution in [2.24, 2.45) is 0 Å². The standard InChI is InChI=1S/C14H18ClNO2/c1-3-12-9-16(6-7-18-12)11-4-5-13(10(2)17)14(15)8-11/h4-5,8,12H,3,6-7,9H2,1-2H3. The largest absolute Gasteiger partial charge is 0.375 e. The number of hydrogen-bond donors (Lipinski definition) is 0. The fourth-order valence-corrected chi connectivity index (χ4v) is 2.49. The molecule has 0 amide bonds. The summed E-state index contributed by atoms with van der Waals surface area (Å²) in [6, 6.07) is 5.63. The Morgan fingerprint density at radius 2 is 2.33 bits per heavy atom. The molecule has 18 heavy (non-hydrogen) atoms. The van der Waals surface area contributed by atoms with Gasteiger partial charge in [-0.3, -0.25) is 4.79 Å². The van der Waals surface area contributed by atoms with Crippen LogP contribution in [0.3, 0.4) is 0 Å². The molecule has 98 valence electrons. The van der Waals surface area contributed by atoms with Crippen molar-refractivity contribution in [3.05, 3.63) is 28.8 Å². The second-order valence-electron chi connectivity index (χ2n) is 4.57. The van der Waals surface area contributed by atoms with E-state index >= 15 is 0 Å². The summed E-state index contributed by atoms with van der Waals surface area (Å²) >= 11 is 6.14. The van der Waals surface area contributed by atoms with Crippen molar-refractivity contribution in [3.8, 4) is 0 Å². The summed E-state index contributed by atoms with van der Waals surface area (Å²) in [6.45, 7) is 6.14. The molecule has 0 spiro atoms. The minimum Gasteiger partial charge on any atom is -0.375 e. The van der Waals surface area contributed by atoms with Gasteiger partial charge in [-0.2, -0.15) is 0 Å². The van der Waals surface area contributed by atoms with E-state index < -0.39 is 0 Å². The number of morpholine rings is 1. The summed E-state index contributed by atoms with van der Waals surface area (Å²) in [5, 5.41) is 0.527. The quantitative estimate of drug-likeness (QED) is 0.788. The summed E-state index contributed by atoms with van der Waals surface area (Å²) in [7, 11) is 0. The summed E-state index contributed by atoms with van der Waals surface area (Å²) < 4.78 is 5.64. The molecule has 1 aliphatic heterocycles. The smallest absolute Gasteiger partial charge is 0.161 e. The highest BCUT2D eigenvalue weighted by molar-refractivity contribution is 6.34. The third-order valence-corrected chi connectivity index (χ3v) is 3.60. The number of ether oxygens (including phenoxy) is 1. The first kappa shape index (κ1) is 13.4. The van der Waals surface area contributed by atoms with Gasteiger partial charge in [0.25, 0.3) is 0 Å². The van der Waals surface area contributed by atoms with Crippen LogP contribution < -0.4 is 4.90 Å². The first-order valence-corrected chi connectivity index (χ1v) is 6.66. The highest BCUT2D eigenvalue weighted by atomic mass is 35.5. The van der Waals surface area contributed by atoms with Gasteiger partial charge in [0.1, 0.15) is 0 Å². The molecule has 1 saturated heterocycles. The number of anilines is 1. The molecule has 0 bridgehead atoms. The molecule has 3 nitrogen and oxygen atoms in total. The molecule has 0 aromatic heterocycles. The van der Waals surface area contributed by atoms with Crippen LogP contribution in [-0.4, -0.2) is 31.6 Å². The van der Waals surface area contributed by atoms with Gasteiger partial charge in [-0.15, -0.1) is 0 Å². The SMILES string of the molecule is CCC1CN(c2ccc(C(C)=O)c(Cl)c2)CCO1. The number of hydrogen-bond acceptors (Lipinski definition) is 3. The number of carbonyl (C=O) groups excluding carboxylic acids is 1.